The van der Waals surface area contributed by atoms with E-state index in [0.29, 0.717) is 16.3 Å². The van der Waals surface area contributed by atoms with Crippen molar-refractivity contribution in [3.63, 3.8) is 0 Å². The fourth-order valence-electron chi connectivity index (χ4n) is 3.25. The lowest BCUT2D eigenvalue weighted by Gasteiger charge is -2.17. The van der Waals surface area contributed by atoms with Gasteiger partial charge in [0.2, 0.25) is 11.8 Å². The van der Waals surface area contributed by atoms with E-state index >= 15 is 0 Å². The molecule has 0 saturated carbocycles. The van der Waals surface area contributed by atoms with E-state index in [1.165, 1.54) is 29.2 Å². The quantitative estimate of drug-likeness (QED) is 0.366. The van der Waals surface area contributed by atoms with Crippen molar-refractivity contribution in [3.05, 3.63) is 101 Å². The molecule has 0 aliphatic heterocycles. The highest BCUT2D eigenvalue weighted by Crippen LogP contribution is 2.20. The summed E-state index contributed by atoms with van der Waals surface area (Å²) >= 11 is 6.12. The van der Waals surface area contributed by atoms with Crippen molar-refractivity contribution in [2.45, 2.75) is 12.5 Å². The molecule has 1 unspecified atom stereocenters. The van der Waals surface area contributed by atoms with Gasteiger partial charge < -0.3 is 10.6 Å². The molecule has 9 nitrogen and oxygen atoms in total. The number of tetrazole rings is 1. The topological polar surface area (TPSA) is 115 Å². The molecule has 176 valence electrons. The van der Waals surface area contributed by atoms with Crippen LogP contribution < -0.4 is 10.6 Å². The summed E-state index contributed by atoms with van der Waals surface area (Å²) in [6.07, 6.45) is 5.50. The molecule has 2 aromatic carbocycles. The molecule has 0 bridgehead atoms. The molecule has 1 atom stereocenters. The molecule has 2 aromatic heterocycles. The number of rotatable bonds is 8. The van der Waals surface area contributed by atoms with E-state index in [1.807, 2.05) is 30.3 Å². The van der Waals surface area contributed by atoms with Gasteiger partial charge in [-0.1, -0.05) is 41.9 Å². The Labute approximate surface area is 204 Å². The number of hydrogen-bond donors (Lipinski definition) is 2. The second-order valence-electron chi connectivity index (χ2n) is 7.39. The fourth-order valence-corrected chi connectivity index (χ4v) is 3.43. The van der Waals surface area contributed by atoms with E-state index in [2.05, 4.69) is 31.1 Å². The van der Waals surface area contributed by atoms with Crippen LogP contribution in [0.1, 0.15) is 11.1 Å². The van der Waals surface area contributed by atoms with Crippen molar-refractivity contribution in [2.75, 3.05) is 5.32 Å². The van der Waals surface area contributed by atoms with Crippen LogP contribution in [0.2, 0.25) is 5.02 Å². The van der Waals surface area contributed by atoms with Gasteiger partial charge in [-0.2, -0.15) is 4.68 Å². The van der Waals surface area contributed by atoms with Gasteiger partial charge in [-0.05, 0) is 52.4 Å². The third kappa shape index (κ3) is 6.55. The third-order valence-electron chi connectivity index (χ3n) is 4.89. The summed E-state index contributed by atoms with van der Waals surface area (Å²) in [6.45, 7) is 0. The van der Waals surface area contributed by atoms with Gasteiger partial charge in [0.15, 0.2) is 0 Å². The fraction of sp³-hybridized carbons (Fsp3) is 0.0833. The number of aromatic nitrogens is 5. The minimum absolute atomic E-state index is 0.171. The van der Waals surface area contributed by atoms with Crippen molar-refractivity contribution in [2.24, 2.45) is 0 Å². The van der Waals surface area contributed by atoms with Crippen LogP contribution in [-0.2, 0) is 16.0 Å². The number of carbonyl (C=O) groups is 2. The first kappa shape index (κ1) is 23.7. The smallest absolute Gasteiger partial charge is 0.248 e. The molecule has 4 aromatic rings. The molecule has 35 heavy (non-hydrogen) atoms. The number of amides is 2. The maximum atomic E-state index is 13.1. The summed E-state index contributed by atoms with van der Waals surface area (Å²) in [5, 5.41) is 16.9. The van der Waals surface area contributed by atoms with Gasteiger partial charge in [-0.25, -0.2) is 9.37 Å². The zero-order valence-corrected chi connectivity index (χ0v) is 18.9. The Bertz CT molecular complexity index is 1330. The zero-order chi connectivity index (χ0) is 24.6. The van der Waals surface area contributed by atoms with Gasteiger partial charge in [0, 0.05) is 23.1 Å². The van der Waals surface area contributed by atoms with Crippen LogP contribution in [0.4, 0.5) is 10.2 Å². The average Bonchev–Trinajstić information content (AvgIpc) is 3.39. The van der Waals surface area contributed by atoms with Gasteiger partial charge >= 0.3 is 0 Å². The average molecular weight is 492 g/mol. The molecule has 2 amide bonds. The first-order chi connectivity index (χ1) is 17.0. The first-order valence-electron chi connectivity index (χ1n) is 10.5. The van der Waals surface area contributed by atoms with E-state index in [0.717, 1.165) is 11.8 Å². The van der Waals surface area contributed by atoms with Crippen molar-refractivity contribution in [1.29, 1.82) is 0 Å². The minimum atomic E-state index is -0.917. The Morgan fingerprint density at radius 1 is 1.11 bits per heavy atom. The summed E-state index contributed by atoms with van der Waals surface area (Å²) in [7, 11) is 0. The summed E-state index contributed by atoms with van der Waals surface area (Å²) in [5.74, 6) is -1.35. The predicted molar refractivity (Wildman–Crippen MR) is 128 cm³/mol. The Hall–Kier alpha value is -4.44. The Morgan fingerprint density at radius 2 is 1.94 bits per heavy atom. The second kappa shape index (κ2) is 11.1. The standard InChI is InChI=1S/C24H19ClFN7O2/c25-18-7-9-21(33-15-28-31-32-33)17(13-18)6-11-23(34)29-20(12-16-4-2-1-3-5-16)24(35)30-22-10-8-19(26)14-27-22/h1-11,13-15,20H,12H2,(H,29,34)(H,27,30,35). The van der Waals surface area contributed by atoms with Gasteiger partial charge in [-0.3, -0.25) is 9.59 Å². The van der Waals surface area contributed by atoms with Crippen LogP contribution in [0.3, 0.4) is 0 Å². The van der Waals surface area contributed by atoms with E-state index in [4.69, 9.17) is 11.6 Å². The Kier molecular flexibility index (Phi) is 7.53. The van der Waals surface area contributed by atoms with E-state index in [-0.39, 0.29) is 12.2 Å². The first-order valence-corrected chi connectivity index (χ1v) is 10.8. The maximum absolute atomic E-state index is 13.1. The normalized spacial score (nSPS) is 11.8. The number of nitrogens with one attached hydrogen (secondary N) is 2. The molecule has 0 spiro atoms. The lowest BCUT2D eigenvalue weighted by molar-refractivity contribution is -0.123. The highest BCUT2D eigenvalue weighted by atomic mass is 35.5. The molecular weight excluding hydrogens is 473 g/mol. The largest absolute Gasteiger partial charge is 0.340 e. The van der Waals surface area contributed by atoms with E-state index in [9.17, 15) is 14.0 Å². The van der Waals surface area contributed by atoms with Crippen LogP contribution in [0.15, 0.2) is 79.3 Å². The van der Waals surface area contributed by atoms with Crippen LogP contribution in [0.25, 0.3) is 11.8 Å². The highest BCUT2D eigenvalue weighted by Gasteiger charge is 2.21. The minimum Gasteiger partial charge on any atom is -0.340 e. The Morgan fingerprint density at radius 3 is 2.66 bits per heavy atom. The number of nitrogens with zero attached hydrogens (tertiary/aromatic N) is 5. The van der Waals surface area contributed by atoms with Crippen LogP contribution in [0, 0.1) is 5.82 Å². The SMILES string of the molecule is O=C(C=Cc1cc(Cl)ccc1-n1cnnn1)NC(Cc1ccccc1)C(=O)Nc1ccc(F)cn1. The van der Waals surface area contributed by atoms with E-state index < -0.39 is 23.7 Å². The summed E-state index contributed by atoms with van der Waals surface area (Å²) in [4.78, 5) is 29.6. The molecule has 0 radical (unpaired) electrons. The van der Waals surface area contributed by atoms with Crippen LogP contribution in [-0.4, -0.2) is 43.0 Å². The monoisotopic (exact) mass is 491 g/mol. The maximum Gasteiger partial charge on any atom is 0.248 e. The van der Waals surface area contributed by atoms with Crippen LogP contribution in [0.5, 0.6) is 0 Å². The van der Waals surface area contributed by atoms with Crippen molar-refractivity contribution < 1.29 is 14.0 Å². The molecule has 4 rings (SSSR count). The van der Waals surface area contributed by atoms with Gasteiger partial charge in [-0.15, -0.1) is 5.10 Å². The van der Waals surface area contributed by atoms with Crippen molar-refractivity contribution in [3.8, 4) is 5.69 Å². The highest BCUT2D eigenvalue weighted by molar-refractivity contribution is 6.30. The molecular formula is C24H19ClFN7O2. The molecule has 11 heteroatoms. The van der Waals surface area contributed by atoms with Crippen LogP contribution >= 0.6 is 11.6 Å². The number of pyridine rings is 1. The molecule has 2 heterocycles. The summed E-state index contributed by atoms with van der Waals surface area (Å²) in [6, 6.07) is 15.9. The lowest BCUT2D eigenvalue weighted by atomic mass is 10.0. The number of hydrogen-bond acceptors (Lipinski definition) is 6. The number of halogens is 2. The predicted octanol–water partition coefficient (Wildman–Crippen LogP) is 3.23. The Balaban J connectivity index is 1.52. The van der Waals surface area contributed by atoms with Gasteiger partial charge in [0.1, 0.15) is 24.0 Å². The van der Waals surface area contributed by atoms with Gasteiger partial charge in [0.25, 0.3) is 0 Å². The summed E-state index contributed by atoms with van der Waals surface area (Å²) < 4.78 is 14.6. The number of benzene rings is 2. The van der Waals surface area contributed by atoms with Crippen molar-refractivity contribution >= 4 is 35.3 Å². The molecule has 2 N–H and O–H groups in total. The molecule has 0 saturated heterocycles. The molecule has 0 aliphatic rings. The second-order valence-corrected chi connectivity index (χ2v) is 7.83. The lowest BCUT2D eigenvalue weighted by Crippen LogP contribution is -2.44. The molecule has 0 aliphatic carbocycles. The summed E-state index contributed by atoms with van der Waals surface area (Å²) in [5.41, 5.74) is 2.06. The van der Waals surface area contributed by atoms with Gasteiger partial charge in [0.05, 0.1) is 11.9 Å². The van der Waals surface area contributed by atoms with Crippen molar-refractivity contribution in [1.82, 2.24) is 30.5 Å². The van der Waals surface area contributed by atoms with E-state index in [1.54, 1.807) is 24.3 Å². The third-order valence-corrected chi connectivity index (χ3v) is 5.13. The zero-order valence-electron chi connectivity index (χ0n) is 18.2. The molecule has 0 fully saturated rings. The number of anilines is 1. The number of carbonyl (C=O) groups excluding carboxylic acids is 2.